The molecule has 2 amide bonds. The van der Waals surface area contributed by atoms with Crippen LogP contribution in [0.1, 0.15) is 47.1 Å². The molecule has 1 aromatic carbocycles. The highest BCUT2D eigenvalue weighted by molar-refractivity contribution is 7.89. The number of carbonyl (C=O) groups is 2. The Hall–Kier alpha value is -2.65. The Morgan fingerprint density at radius 1 is 1.17 bits per heavy atom. The Kier molecular flexibility index (Phi) is 7.00. The molecule has 5 atom stereocenters. The molecule has 2 aliphatic rings. The van der Waals surface area contributed by atoms with Gasteiger partial charge in [-0.15, -0.1) is 0 Å². The van der Waals surface area contributed by atoms with Crippen LogP contribution in [0.5, 0.6) is 0 Å². The van der Waals surface area contributed by atoms with Crippen LogP contribution in [0.25, 0.3) is 0 Å². The van der Waals surface area contributed by atoms with Crippen LogP contribution < -0.4 is 10.0 Å². The van der Waals surface area contributed by atoms with Gasteiger partial charge in [0.25, 0.3) is 0 Å². The van der Waals surface area contributed by atoms with Gasteiger partial charge >= 0.3 is 6.18 Å². The standard InChI is InChI=1S/C24H31F3N4O4S/c1-13(11-28)29-20(32)18-17-16(23(17,5)6)12-31(18)21(33)19(22(2,3)4)30-36(34,35)15-9-7-14(8-10-15)24(25,26)27/h7-10,13,16-19,30H,12H2,1-6H3,(H,29,32)/t13-,16-,17-,18-,19+/m0/s1. The van der Waals surface area contributed by atoms with Crippen molar-refractivity contribution in [1.29, 1.82) is 5.26 Å². The molecule has 12 heteroatoms. The number of fused-ring (bicyclic) bond motifs is 1. The van der Waals surface area contributed by atoms with Gasteiger partial charge in [-0.05, 0) is 53.9 Å². The molecule has 3 rings (SSSR count). The maximum Gasteiger partial charge on any atom is 0.416 e. The molecule has 1 aromatic rings. The Labute approximate surface area is 209 Å². The minimum absolute atomic E-state index is 0.0433. The minimum Gasteiger partial charge on any atom is -0.339 e. The molecule has 1 aliphatic heterocycles. The van der Waals surface area contributed by atoms with Crippen LogP contribution in [-0.4, -0.2) is 49.8 Å². The Morgan fingerprint density at radius 2 is 1.72 bits per heavy atom. The van der Waals surface area contributed by atoms with E-state index in [0.717, 1.165) is 12.1 Å². The van der Waals surface area contributed by atoms with Gasteiger partial charge in [0.2, 0.25) is 21.8 Å². The van der Waals surface area contributed by atoms with Crippen molar-refractivity contribution in [3.63, 3.8) is 0 Å². The lowest BCUT2D eigenvalue weighted by Crippen LogP contribution is -2.59. The van der Waals surface area contributed by atoms with Gasteiger partial charge < -0.3 is 10.2 Å². The normalized spacial score (nSPS) is 24.9. The molecule has 2 N–H and O–H groups in total. The first kappa shape index (κ1) is 27.9. The molecule has 36 heavy (non-hydrogen) atoms. The number of hydrogen-bond donors (Lipinski definition) is 2. The van der Waals surface area contributed by atoms with Crippen molar-refractivity contribution in [3.05, 3.63) is 29.8 Å². The molecular formula is C24H31F3N4O4S. The van der Waals surface area contributed by atoms with Crippen molar-refractivity contribution in [2.45, 2.75) is 70.7 Å². The second-order valence-electron chi connectivity index (χ2n) is 11.2. The maximum absolute atomic E-state index is 13.7. The van der Waals surface area contributed by atoms with Gasteiger partial charge in [-0.1, -0.05) is 34.6 Å². The van der Waals surface area contributed by atoms with Crippen molar-refractivity contribution < 1.29 is 31.2 Å². The first-order valence-electron chi connectivity index (χ1n) is 11.5. The molecular weight excluding hydrogens is 497 g/mol. The quantitative estimate of drug-likeness (QED) is 0.589. The third-order valence-corrected chi connectivity index (χ3v) is 8.63. The van der Waals surface area contributed by atoms with E-state index in [1.165, 1.54) is 11.8 Å². The zero-order valence-electron chi connectivity index (χ0n) is 21.0. The largest absolute Gasteiger partial charge is 0.416 e. The molecule has 2 fully saturated rings. The second-order valence-corrected chi connectivity index (χ2v) is 12.9. The number of nitrogens with zero attached hydrogens (tertiary/aromatic N) is 2. The fraction of sp³-hybridized carbons (Fsp3) is 0.625. The molecule has 1 saturated carbocycles. The number of carbonyl (C=O) groups excluding carboxylic acids is 2. The van der Waals surface area contributed by atoms with Gasteiger partial charge in [0.1, 0.15) is 18.1 Å². The van der Waals surface area contributed by atoms with Crippen molar-refractivity contribution in [3.8, 4) is 6.07 Å². The number of halogens is 3. The molecule has 0 spiro atoms. The molecule has 1 saturated heterocycles. The summed E-state index contributed by atoms with van der Waals surface area (Å²) >= 11 is 0. The van der Waals surface area contributed by atoms with Crippen molar-refractivity contribution >= 4 is 21.8 Å². The zero-order valence-corrected chi connectivity index (χ0v) is 21.8. The SMILES string of the molecule is C[C@@H](C#N)NC(=O)[C@@H]1[C@@H]2[C@H](CN1C(=O)[C@@H](NS(=O)(=O)c1ccc(C(F)(F)F)cc1)C(C)(C)C)C2(C)C. The van der Waals surface area contributed by atoms with E-state index in [1.54, 1.807) is 20.8 Å². The summed E-state index contributed by atoms with van der Waals surface area (Å²) in [5.74, 6) is -1.18. The van der Waals surface area contributed by atoms with Crippen LogP contribution in [0, 0.1) is 34.0 Å². The Bertz CT molecular complexity index is 1180. The van der Waals surface area contributed by atoms with E-state index < -0.39 is 62.0 Å². The summed E-state index contributed by atoms with van der Waals surface area (Å²) in [5, 5.41) is 11.7. The Balaban J connectivity index is 1.90. The highest BCUT2D eigenvalue weighted by atomic mass is 32.2. The lowest BCUT2D eigenvalue weighted by atomic mass is 9.86. The molecule has 0 aromatic heterocycles. The zero-order chi connectivity index (χ0) is 27.4. The number of alkyl halides is 3. The van der Waals surface area contributed by atoms with Crippen molar-refractivity contribution in [1.82, 2.24) is 14.9 Å². The van der Waals surface area contributed by atoms with E-state index in [1.807, 2.05) is 19.9 Å². The number of rotatable bonds is 6. The summed E-state index contributed by atoms with van der Waals surface area (Å²) in [6.45, 7) is 10.7. The summed E-state index contributed by atoms with van der Waals surface area (Å²) in [6, 6.07) is 1.98. The number of sulfonamides is 1. The summed E-state index contributed by atoms with van der Waals surface area (Å²) < 4.78 is 67.2. The van der Waals surface area contributed by atoms with Gasteiger partial charge in [0.05, 0.1) is 16.5 Å². The second kappa shape index (κ2) is 9.03. The topological polar surface area (TPSA) is 119 Å². The number of benzene rings is 1. The third-order valence-electron chi connectivity index (χ3n) is 7.19. The maximum atomic E-state index is 13.7. The van der Waals surface area contributed by atoms with Gasteiger partial charge in [0.15, 0.2) is 0 Å². The average molecular weight is 529 g/mol. The van der Waals surface area contributed by atoms with Crippen molar-refractivity contribution in [2.75, 3.05) is 6.54 Å². The van der Waals surface area contributed by atoms with Gasteiger partial charge in [0, 0.05) is 6.54 Å². The molecule has 0 bridgehead atoms. The highest BCUT2D eigenvalue weighted by Crippen LogP contribution is 2.65. The molecule has 0 unspecified atom stereocenters. The van der Waals surface area contributed by atoms with E-state index >= 15 is 0 Å². The number of piperidine rings is 1. The van der Waals surface area contributed by atoms with Crippen LogP contribution in [-0.2, 0) is 25.8 Å². The predicted molar refractivity (Wildman–Crippen MR) is 124 cm³/mol. The smallest absolute Gasteiger partial charge is 0.339 e. The van der Waals surface area contributed by atoms with Crippen LogP contribution in [0.2, 0.25) is 0 Å². The first-order chi connectivity index (χ1) is 16.3. The van der Waals surface area contributed by atoms with Crippen LogP contribution in [0.15, 0.2) is 29.2 Å². The Morgan fingerprint density at radius 3 is 2.19 bits per heavy atom. The van der Waals surface area contributed by atoms with E-state index in [0.29, 0.717) is 12.1 Å². The summed E-state index contributed by atoms with van der Waals surface area (Å²) in [5.41, 5.74) is -2.12. The number of nitrogens with one attached hydrogen (secondary N) is 2. The highest BCUT2D eigenvalue weighted by Gasteiger charge is 2.69. The van der Waals surface area contributed by atoms with E-state index in [9.17, 15) is 31.2 Å². The van der Waals surface area contributed by atoms with Gasteiger partial charge in [-0.3, -0.25) is 9.59 Å². The van der Waals surface area contributed by atoms with Crippen LogP contribution in [0.3, 0.4) is 0 Å². The molecule has 8 nitrogen and oxygen atoms in total. The monoisotopic (exact) mass is 528 g/mol. The average Bonchev–Trinajstić information content (AvgIpc) is 3.10. The number of likely N-dealkylation sites (tertiary alicyclic amines) is 1. The molecule has 1 heterocycles. The van der Waals surface area contributed by atoms with E-state index in [2.05, 4.69) is 10.0 Å². The number of amides is 2. The first-order valence-corrected chi connectivity index (χ1v) is 13.0. The summed E-state index contributed by atoms with van der Waals surface area (Å²) in [6.07, 6.45) is -4.62. The minimum atomic E-state index is -4.62. The molecule has 1 aliphatic carbocycles. The molecule has 0 radical (unpaired) electrons. The number of nitriles is 1. The van der Waals surface area contributed by atoms with Crippen LogP contribution in [0.4, 0.5) is 13.2 Å². The van der Waals surface area contributed by atoms with Crippen molar-refractivity contribution in [2.24, 2.45) is 22.7 Å². The third kappa shape index (κ3) is 5.22. The van der Waals surface area contributed by atoms with E-state index in [4.69, 9.17) is 5.26 Å². The molecule has 198 valence electrons. The summed E-state index contributed by atoms with van der Waals surface area (Å²) in [7, 11) is -4.37. The summed E-state index contributed by atoms with van der Waals surface area (Å²) in [4.78, 5) is 27.7. The van der Waals surface area contributed by atoms with Gasteiger partial charge in [-0.2, -0.15) is 23.2 Å². The van der Waals surface area contributed by atoms with Gasteiger partial charge in [-0.25, -0.2) is 8.42 Å². The fourth-order valence-electron chi connectivity index (χ4n) is 4.95. The number of hydrogen-bond acceptors (Lipinski definition) is 5. The lowest BCUT2D eigenvalue weighted by Gasteiger charge is -2.37. The predicted octanol–water partition coefficient (Wildman–Crippen LogP) is 2.91. The van der Waals surface area contributed by atoms with Crippen LogP contribution >= 0.6 is 0 Å². The lowest BCUT2D eigenvalue weighted by molar-refractivity contribution is -0.143. The van der Waals surface area contributed by atoms with E-state index in [-0.39, 0.29) is 23.8 Å². The fourth-order valence-corrected chi connectivity index (χ4v) is 6.35.